The summed E-state index contributed by atoms with van der Waals surface area (Å²) in [4.78, 5) is 42.5. The van der Waals surface area contributed by atoms with E-state index >= 15 is 0 Å². The maximum atomic E-state index is 12.8. The summed E-state index contributed by atoms with van der Waals surface area (Å²) >= 11 is 0. The third-order valence-electron chi connectivity index (χ3n) is 5.50. The predicted molar refractivity (Wildman–Crippen MR) is 114 cm³/mol. The molecule has 13 nitrogen and oxygen atoms in total. The second kappa shape index (κ2) is 9.75. The highest BCUT2D eigenvalue weighted by atomic mass is 17.0. The molecule has 3 atom stereocenters. The molecule has 13 heteroatoms. The summed E-state index contributed by atoms with van der Waals surface area (Å²) in [6, 6.07) is 8.69. The van der Waals surface area contributed by atoms with Crippen molar-refractivity contribution in [1.82, 2.24) is 4.57 Å². The average molecular weight is 474 g/mol. The molecular weight excluding hydrogens is 452 g/mol. The third-order valence-corrected chi connectivity index (χ3v) is 5.50. The van der Waals surface area contributed by atoms with Gasteiger partial charge >= 0.3 is 0 Å². The van der Waals surface area contributed by atoms with Crippen LogP contribution < -0.4 is 10.3 Å². The predicted octanol–water partition coefficient (Wildman–Crippen LogP) is 1.56. The minimum Gasteiger partial charge on any atom is -0.485 e. The Morgan fingerprint density at radius 3 is 2.65 bits per heavy atom. The largest absolute Gasteiger partial charge is 0.485 e. The monoisotopic (exact) mass is 474 g/mol. The van der Waals surface area contributed by atoms with E-state index in [1.165, 1.54) is 22.9 Å². The first-order valence-electron chi connectivity index (χ1n) is 10.2. The molecule has 0 bridgehead atoms. The summed E-state index contributed by atoms with van der Waals surface area (Å²) in [6.45, 7) is 2.72. The second-order valence-electron chi connectivity index (χ2n) is 8.25. The zero-order valence-electron chi connectivity index (χ0n) is 18.3. The van der Waals surface area contributed by atoms with Crippen LogP contribution in [-0.4, -0.2) is 44.3 Å². The molecule has 0 saturated carbocycles. The summed E-state index contributed by atoms with van der Waals surface area (Å²) in [7, 11) is 0. The third kappa shape index (κ3) is 5.41. The average Bonchev–Trinajstić information content (AvgIpc) is 2.77. The van der Waals surface area contributed by atoms with Crippen LogP contribution >= 0.6 is 0 Å². The van der Waals surface area contributed by atoms with E-state index in [-0.39, 0.29) is 12.8 Å². The van der Waals surface area contributed by atoms with Crippen molar-refractivity contribution in [3.8, 4) is 11.8 Å². The highest BCUT2D eigenvalue weighted by molar-refractivity contribution is 5.46. The number of nitrogens with zero attached hydrogens (tertiary/aromatic N) is 4. The van der Waals surface area contributed by atoms with Crippen LogP contribution in [0.15, 0.2) is 41.3 Å². The molecule has 0 saturated heterocycles. The Labute approximate surface area is 192 Å². The molecule has 1 N–H and O–H groups in total. The van der Waals surface area contributed by atoms with Crippen LogP contribution in [0.3, 0.4) is 0 Å². The van der Waals surface area contributed by atoms with E-state index in [0.717, 1.165) is 0 Å². The molecule has 3 rings (SSSR count). The molecular formula is C21H22N4O9. The Hall–Kier alpha value is -4.18. The number of aromatic nitrogens is 1. The van der Waals surface area contributed by atoms with Crippen molar-refractivity contribution in [2.24, 2.45) is 0 Å². The van der Waals surface area contributed by atoms with Crippen LogP contribution in [0.1, 0.15) is 43.0 Å². The van der Waals surface area contributed by atoms with E-state index in [0.29, 0.717) is 22.4 Å². The highest BCUT2D eigenvalue weighted by Gasteiger charge is 2.44. The van der Waals surface area contributed by atoms with E-state index in [9.17, 15) is 35.4 Å². The maximum Gasteiger partial charge on any atom is 0.294 e. The van der Waals surface area contributed by atoms with Crippen molar-refractivity contribution in [3.05, 3.63) is 83.8 Å². The number of aliphatic hydroxyl groups excluding tert-OH is 1. The topological polar surface area (TPSA) is 180 Å². The number of nitriles is 1. The van der Waals surface area contributed by atoms with E-state index in [2.05, 4.69) is 9.68 Å². The van der Waals surface area contributed by atoms with Gasteiger partial charge in [-0.15, -0.1) is 20.2 Å². The standard InChI is InChI=1S/C21H22N4O9/c1-21(2)20(27)19(16-9-14(10-22)4-7-17(16)33-21)23-11-13(5-8-18(23)26)3-6-15(34-25(30)31)12-32-24(28)29/h4-5,7-9,11,15,19-20,27H,3,6,12H2,1-2H3. The number of aliphatic hydroxyl groups is 1. The van der Waals surface area contributed by atoms with Crippen LogP contribution in [0.4, 0.5) is 0 Å². The molecule has 0 radical (unpaired) electrons. The Balaban J connectivity index is 1.94. The molecule has 1 aromatic heterocycles. The molecule has 2 aromatic rings. The normalized spacial score (nSPS) is 19.1. The summed E-state index contributed by atoms with van der Waals surface area (Å²) in [6.07, 6.45) is -0.705. The van der Waals surface area contributed by atoms with Crippen molar-refractivity contribution < 1.29 is 29.7 Å². The van der Waals surface area contributed by atoms with Gasteiger partial charge < -0.3 is 24.1 Å². The van der Waals surface area contributed by atoms with Crippen molar-refractivity contribution in [2.45, 2.75) is 50.5 Å². The molecule has 3 unspecified atom stereocenters. The molecule has 1 aliphatic rings. The van der Waals surface area contributed by atoms with Crippen LogP contribution in [0.25, 0.3) is 0 Å². The van der Waals surface area contributed by atoms with Crippen molar-refractivity contribution in [3.63, 3.8) is 0 Å². The lowest BCUT2D eigenvalue weighted by Crippen LogP contribution is -2.52. The van der Waals surface area contributed by atoms with Gasteiger partial charge in [0.25, 0.3) is 15.7 Å². The van der Waals surface area contributed by atoms with E-state index < -0.39 is 46.2 Å². The summed E-state index contributed by atoms with van der Waals surface area (Å²) in [5.41, 5.74) is -0.125. The van der Waals surface area contributed by atoms with E-state index in [1.807, 2.05) is 6.07 Å². The minimum absolute atomic E-state index is 0.00991. The smallest absolute Gasteiger partial charge is 0.294 e. The SMILES string of the molecule is CC1(C)Oc2ccc(C#N)cc2C(n2cc(CCC(CO[N+](=O)[O-])O[N+](=O)[O-])ccc2=O)C1O. The molecule has 2 heterocycles. The van der Waals surface area contributed by atoms with Crippen LogP contribution in [0, 0.1) is 31.6 Å². The number of aryl methyl sites for hydroxylation is 1. The summed E-state index contributed by atoms with van der Waals surface area (Å²) in [5, 5.41) is 39.3. The molecule has 0 fully saturated rings. The van der Waals surface area contributed by atoms with Crippen molar-refractivity contribution in [2.75, 3.05) is 6.61 Å². The zero-order chi connectivity index (χ0) is 25.0. The first-order valence-corrected chi connectivity index (χ1v) is 10.2. The Bertz CT molecular complexity index is 1190. The Kier molecular flexibility index (Phi) is 7.02. The number of pyridine rings is 1. The summed E-state index contributed by atoms with van der Waals surface area (Å²) < 4.78 is 7.21. The van der Waals surface area contributed by atoms with E-state index in [4.69, 9.17) is 4.74 Å². The molecule has 180 valence electrons. The lowest BCUT2D eigenvalue weighted by molar-refractivity contribution is -0.790. The number of fused-ring (bicyclic) bond motifs is 1. The minimum atomic E-state index is -1.20. The van der Waals surface area contributed by atoms with Gasteiger partial charge in [0.2, 0.25) is 0 Å². The van der Waals surface area contributed by atoms with Gasteiger partial charge in [-0.2, -0.15) is 5.26 Å². The van der Waals surface area contributed by atoms with Gasteiger partial charge in [0.05, 0.1) is 17.7 Å². The molecule has 0 spiro atoms. The highest BCUT2D eigenvalue weighted by Crippen LogP contribution is 2.41. The number of rotatable bonds is 9. The van der Waals surface area contributed by atoms with Crippen LogP contribution in [-0.2, 0) is 16.1 Å². The molecule has 1 aliphatic heterocycles. The second-order valence-corrected chi connectivity index (χ2v) is 8.25. The lowest BCUT2D eigenvalue weighted by Gasteiger charge is -2.42. The number of hydrogen-bond acceptors (Lipinski definition) is 10. The van der Waals surface area contributed by atoms with Gasteiger partial charge in [-0.3, -0.25) is 4.79 Å². The molecule has 1 aromatic carbocycles. The van der Waals surface area contributed by atoms with E-state index in [1.54, 1.807) is 32.0 Å². The van der Waals surface area contributed by atoms with Crippen molar-refractivity contribution >= 4 is 0 Å². The molecule has 34 heavy (non-hydrogen) atoms. The number of hydrogen-bond donors (Lipinski definition) is 1. The number of benzene rings is 1. The van der Waals surface area contributed by atoms with Gasteiger partial charge in [0.1, 0.15) is 30.2 Å². The van der Waals surface area contributed by atoms with Gasteiger partial charge in [-0.05, 0) is 50.5 Å². The fourth-order valence-corrected chi connectivity index (χ4v) is 3.81. The Morgan fingerprint density at radius 2 is 2.00 bits per heavy atom. The van der Waals surface area contributed by atoms with Gasteiger partial charge in [0, 0.05) is 17.8 Å². The van der Waals surface area contributed by atoms with Gasteiger partial charge in [-0.25, -0.2) is 0 Å². The quantitative estimate of drug-likeness (QED) is 0.414. The molecule has 0 amide bonds. The lowest BCUT2D eigenvalue weighted by atomic mass is 9.85. The molecule has 0 aliphatic carbocycles. The first-order chi connectivity index (χ1) is 16.0. The van der Waals surface area contributed by atoms with Crippen LogP contribution in [0.2, 0.25) is 0 Å². The zero-order valence-corrected chi connectivity index (χ0v) is 18.3. The fourth-order valence-electron chi connectivity index (χ4n) is 3.81. The maximum absolute atomic E-state index is 12.8. The van der Waals surface area contributed by atoms with Gasteiger partial charge in [0.15, 0.2) is 0 Å². The van der Waals surface area contributed by atoms with Crippen molar-refractivity contribution in [1.29, 1.82) is 5.26 Å². The Morgan fingerprint density at radius 1 is 1.26 bits per heavy atom. The summed E-state index contributed by atoms with van der Waals surface area (Å²) in [5.74, 6) is 0.424. The van der Waals surface area contributed by atoms with Crippen LogP contribution in [0.5, 0.6) is 5.75 Å². The number of ether oxygens (including phenoxy) is 1. The van der Waals surface area contributed by atoms with Gasteiger partial charge in [-0.1, -0.05) is 6.07 Å². The fraction of sp³-hybridized carbons (Fsp3) is 0.429. The first kappa shape index (κ1) is 24.5.